The van der Waals surface area contributed by atoms with Gasteiger partial charge < -0.3 is 19.9 Å². The Morgan fingerprint density at radius 1 is 1.19 bits per heavy atom. The van der Waals surface area contributed by atoms with Gasteiger partial charge in [-0.3, -0.25) is 9.79 Å². The maximum Gasteiger partial charge on any atom is 0.387 e. The molecule has 0 aliphatic carbocycles. The van der Waals surface area contributed by atoms with Crippen molar-refractivity contribution < 1.29 is 18.3 Å². The van der Waals surface area contributed by atoms with Crippen molar-refractivity contribution in [1.29, 1.82) is 0 Å². The maximum atomic E-state index is 12.3. The van der Waals surface area contributed by atoms with Gasteiger partial charge in [-0.1, -0.05) is 36.4 Å². The van der Waals surface area contributed by atoms with Gasteiger partial charge in [-0.05, 0) is 35.2 Å². The molecule has 6 nitrogen and oxygen atoms in total. The number of amides is 1. The third-order valence-corrected chi connectivity index (χ3v) is 5.23. The SMILES string of the molecule is CN=C(NCc1ccccc1CN1CCCC1=O)N(C)Cc1ccc(OC(F)F)cc1. The predicted molar refractivity (Wildman–Crippen MR) is 116 cm³/mol. The molecule has 0 saturated carbocycles. The van der Waals surface area contributed by atoms with Crippen LogP contribution in [-0.4, -0.2) is 48.9 Å². The fourth-order valence-electron chi connectivity index (χ4n) is 3.65. The van der Waals surface area contributed by atoms with E-state index in [1.54, 1.807) is 19.2 Å². The van der Waals surface area contributed by atoms with E-state index in [4.69, 9.17) is 0 Å². The molecule has 8 heteroatoms. The van der Waals surface area contributed by atoms with Crippen LogP contribution in [-0.2, 0) is 24.4 Å². The largest absolute Gasteiger partial charge is 0.435 e. The quantitative estimate of drug-likeness (QED) is 0.514. The van der Waals surface area contributed by atoms with E-state index in [-0.39, 0.29) is 11.7 Å². The molecule has 0 radical (unpaired) electrons. The number of carbonyl (C=O) groups is 1. The molecule has 0 aromatic heterocycles. The Morgan fingerprint density at radius 2 is 1.90 bits per heavy atom. The summed E-state index contributed by atoms with van der Waals surface area (Å²) in [6, 6.07) is 14.6. The molecule has 0 spiro atoms. The van der Waals surface area contributed by atoms with E-state index in [0.717, 1.165) is 29.7 Å². The lowest BCUT2D eigenvalue weighted by molar-refractivity contribution is -0.128. The summed E-state index contributed by atoms with van der Waals surface area (Å²) in [5.41, 5.74) is 3.18. The summed E-state index contributed by atoms with van der Waals surface area (Å²) >= 11 is 0. The highest BCUT2D eigenvalue weighted by Crippen LogP contribution is 2.18. The Morgan fingerprint density at radius 3 is 2.52 bits per heavy atom. The van der Waals surface area contributed by atoms with Crippen LogP contribution < -0.4 is 10.1 Å². The van der Waals surface area contributed by atoms with Crippen molar-refractivity contribution >= 4 is 11.9 Å². The van der Waals surface area contributed by atoms with E-state index in [1.807, 2.05) is 29.0 Å². The number of rotatable bonds is 8. The van der Waals surface area contributed by atoms with Crippen molar-refractivity contribution in [3.63, 3.8) is 0 Å². The van der Waals surface area contributed by atoms with Crippen molar-refractivity contribution in [2.75, 3.05) is 20.6 Å². The molecule has 31 heavy (non-hydrogen) atoms. The highest BCUT2D eigenvalue weighted by atomic mass is 19.3. The second-order valence-corrected chi connectivity index (χ2v) is 7.47. The summed E-state index contributed by atoms with van der Waals surface area (Å²) in [6.07, 6.45) is 1.55. The zero-order valence-corrected chi connectivity index (χ0v) is 17.9. The molecule has 0 unspecified atom stereocenters. The fraction of sp³-hybridized carbons (Fsp3) is 0.391. The van der Waals surface area contributed by atoms with Gasteiger partial charge in [0.15, 0.2) is 5.96 Å². The summed E-state index contributed by atoms with van der Waals surface area (Å²) in [6.45, 7) is -0.262. The van der Waals surface area contributed by atoms with Crippen LogP contribution in [0.3, 0.4) is 0 Å². The highest BCUT2D eigenvalue weighted by Gasteiger charge is 2.21. The molecule has 1 fully saturated rings. The number of hydrogen-bond donors (Lipinski definition) is 1. The molecular weight excluding hydrogens is 402 g/mol. The number of halogens is 2. The first-order valence-corrected chi connectivity index (χ1v) is 10.3. The van der Waals surface area contributed by atoms with Crippen LogP contribution in [0.2, 0.25) is 0 Å². The van der Waals surface area contributed by atoms with Crippen molar-refractivity contribution in [2.45, 2.75) is 39.1 Å². The van der Waals surface area contributed by atoms with Crippen molar-refractivity contribution in [2.24, 2.45) is 4.99 Å². The lowest BCUT2D eigenvalue weighted by Crippen LogP contribution is -2.38. The standard InChI is InChI=1S/C23H28F2N4O2/c1-26-23(28(2)15-17-9-11-20(12-10-17)31-22(24)25)27-14-18-6-3-4-7-19(18)16-29-13-5-8-21(29)30/h3-4,6-7,9-12,22H,5,8,13-16H2,1-2H3,(H,26,27). The van der Waals surface area contributed by atoms with Crippen LogP contribution >= 0.6 is 0 Å². The van der Waals surface area contributed by atoms with Gasteiger partial charge in [-0.25, -0.2) is 0 Å². The van der Waals surface area contributed by atoms with Gasteiger partial charge in [0.25, 0.3) is 0 Å². The average molecular weight is 430 g/mol. The van der Waals surface area contributed by atoms with E-state index in [0.29, 0.717) is 32.0 Å². The molecule has 1 N–H and O–H groups in total. The zero-order chi connectivity index (χ0) is 22.2. The van der Waals surface area contributed by atoms with E-state index >= 15 is 0 Å². The van der Waals surface area contributed by atoms with E-state index < -0.39 is 6.61 Å². The third kappa shape index (κ3) is 6.41. The van der Waals surface area contributed by atoms with Crippen LogP contribution in [0.4, 0.5) is 8.78 Å². The first-order chi connectivity index (χ1) is 15.0. The second kappa shape index (κ2) is 10.7. The molecule has 1 saturated heterocycles. The normalized spacial score (nSPS) is 14.3. The monoisotopic (exact) mass is 430 g/mol. The second-order valence-electron chi connectivity index (χ2n) is 7.47. The van der Waals surface area contributed by atoms with Crippen molar-refractivity contribution in [3.8, 4) is 5.75 Å². The predicted octanol–water partition coefficient (Wildman–Crippen LogP) is 3.62. The van der Waals surface area contributed by atoms with Crippen LogP contribution in [0.15, 0.2) is 53.5 Å². The fourth-order valence-corrected chi connectivity index (χ4v) is 3.65. The zero-order valence-electron chi connectivity index (χ0n) is 17.9. The molecule has 2 aromatic rings. The molecule has 1 heterocycles. The number of aliphatic imine (C=N–C) groups is 1. The van der Waals surface area contributed by atoms with Gasteiger partial charge in [0.1, 0.15) is 5.75 Å². The van der Waals surface area contributed by atoms with Gasteiger partial charge >= 0.3 is 6.61 Å². The average Bonchev–Trinajstić information content (AvgIpc) is 3.15. The molecule has 0 atom stereocenters. The minimum atomic E-state index is -2.83. The number of hydrogen-bond acceptors (Lipinski definition) is 3. The van der Waals surface area contributed by atoms with E-state index in [1.165, 1.54) is 12.1 Å². The summed E-state index contributed by atoms with van der Waals surface area (Å²) in [5.74, 6) is 1.06. The molecule has 0 bridgehead atoms. The number of alkyl halides is 2. The topological polar surface area (TPSA) is 57.2 Å². The molecule has 2 aromatic carbocycles. The number of likely N-dealkylation sites (tertiary alicyclic amines) is 1. The Labute approximate surface area is 181 Å². The molecule has 1 aliphatic heterocycles. The van der Waals surface area contributed by atoms with Crippen LogP contribution in [0.5, 0.6) is 5.75 Å². The molecule has 1 aliphatic rings. The maximum absolute atomic E-state index is 12.3. The van der Waals surface area contributed by atoms with Gasteiger partial charge in [0, 0.05) is 46.7 Å². The molecule has 1 amide bonds. The Balaban J connectivity index is 1.58. The van der Waals surface area contributed by atoms with Crippen LogP contribution in [0.25, 0.3) is 0 Å². The number of nitrogens with one attached hydrogen (secondary N) is 1. The Hall–Kier alpha value is -3.16. The first-order valence-electron chi connectivity index (χ1n) is 10.3. The number of guanidine groups is 1. The lowest BCUT2D eigenvalue weighted by atomic mass is 10.1. The minimum absolute atomic E-state index is 0.136. The highest BCUT2D eigenvalue weighted by molar-refractivity contribution is 5.79. The van der Waals surface area contributed by atoms with Crippen LogP contribution in [0, 0.1) is 0 Å². The smallest absolute Gasteiger partial charge is 0.387 e. The van der Waals surface area contributed by atoms with E-state index in [9.17, 15) is 13.6 Å². The van der Waals surface area contributed by atoms with Crippen molar-refractivity contribution in [1.82, 2.24) is 15.1 Å². The van der Waals surface area contributed by atoms with Crippen LogP contribution in [0.1, 0.15) is 29.5 Å². The molecule has 166 valence electrons. The summed E-state index contributed by atoms with van der Waals surface area (Å²) in [5, 5.41) is 3.37. The Bertz CT molecular complexity index is 903. The number of carbonyl (C=O) groups excluding carboxylic acids is 1. The lowest BCUT2D eigenvalue weighted by Gasteiger charge is -2.23. The summed E-state index contributed by atoms with van der Waals surface area (Å²) in [4.78, 5) is 20.2. The number of nitrogens with zero attached hydrogens (tertiary/aromatic N) is 3. The minimum Gasteiger partial charge on any atom is -0.435 e. The summed E-state index contributed by atoms with van der Waals surface area (Å²) in [7, 11) is 3.63. The summed E-state index contributed by atoms with van der Waals surface area (Å²) < 4.78 is 29.0. The first kappa shape index (κ1) is 22.5. The van der Waals surface area contributed by atoms with Gasteiger partial charge in [0.05, 0.1) is 0 Å². The molecule has 3 rings (SSSR count). The molecular formula is C23H28F2N4O2. The van der Waals surface area contributed by atoms with Gasteiger partial charge in [-0.2, -0.15) is 8.78 Å². The number of benzene rings is 2. The van der Waals surface area contributed by atoms with E-state index in [2.05, 4.69) is 27.2 Å². The van der Waals surface area contributed by atoms with Crippen molar-refractivity contribution in [3.05, 3.63) is 65.2 Å². The Kier molecular flexibility index (Phi) is 7.81. The third-order valence-electron chi connectivity index (χ3n) is 5.23. The van der Waals surface area contributed by atoms with Gasteiger partial charge in [-0.15, -0.1) is 0 Å². The van der Waals surface area contributed by atoms with Gasteiger partial charge in [0.2, 0.25) is 5.91 Å². The number of ether oxygens (including phenoxy) is 1.